The fourth-order valence-electron chi connectivity index (χ4n) is 1.09. The van der Waals surface area contributed by atoms with Gasteiger partial charge in [0.2, 0.25) is 5.91 Å². The standard InChI is InChI=1S/C8H14INO/c9-5-2-6-10-8(11)7-3-1-4-7/h7H,1-6H2,(H,10,11). The molecule has 1 saturated carbocycles. The third-order valence-electron chi connectivity index (χ3n) is 2.09. The number of rotatable bonds is 4. The van der Waals surface area contributed by atoms with E-state index in [1.165, 1.54) is 6.42 Å². The molecule has 0 spiro atoms. The molecule has 0 aromatic heterocycles. The Bertz CT molecular complexity index is 134. The summed E-state index contributed by atoms with van der Waals surface area (Å²) in [5.74, 6) is 0.630. The maximum atomic E-state index is 11.2. The molecule has 0 aromatic rings. The molecule has 0 radical (unpaired) electrons. The number of nitrogens with one attached hydrogen (secondary N) is 1. The molecule has 64 valence electrons. The van der Waals surface area contributed by atoms with Crippen molar-refractivity contribution < 1.29 is 4.79 Å². The minimum atomic E-state index is 0.279. The predicted molar refractivity (Wildman–Crippen MR) is 53.9 cm³/mol. The first-order valence-corrected chi connectivity index (χ1v) is 5.71. The molecule has 11 heavy (non-hydrogen) atoms. The average molecular weight is 267 g/mol. The van der Waals surface area contributed by atoms with Gasteiger partial charge in [-0.25, -0.2) is 0 Å². The Hall–Kier alpha value is 0.200. The van der Waals surface area contributed by atoms with Crippen molar-refractivity contribution in [1.29, 1.82) is 0 Å². The van der Waals surface area contributed by atoms with Crippen molar-refractivity contribution in [1.82, 2.24) is 5.32 Å². The van der Waals surface area contributed by atoms with Crippen LogP contribution >= 0.6 is 22.6 Å². The van der Waals surface area contributed by atoms with Crippen LogP contribution < -0.4 is 5.32 Å². The second-order valence-corrected chi connectivity index (χ2v) is 4.04. The van der Waals surface area contributed by atoms with E-state index < -0.39 is 0 Å². The molecule has 3 heteroatoms. The van der Waals surface area contributed by atoms with E-state index in [0.29, 0.717) is 5.92 Å². The molecule has 0 unspecified atom stereocenters. The first-order valence-electron chi connectivity index (χ1n) is 4.18. The van der Waals surface area contributed by atoms with Crippen molar-refractivity contribution in [3.05, 3.63) is 0 Å². The zero-order valence-corrected chi connectivity index (χ0v) is 8.76. The zero-order chi connectivity index (χ0) is 8.10. The second kappa shape index (κ2) is 4.95. The molecular weight excluding hydrogens is 253 g/mol. The summed E-state index contributed by atoms with van der Waals surface area (Å²) in [5.41, 5.74) is 0. The van der Waals surface area contributed by atoms with Gasteiger partial charge in [0.15, 0.2) is 0 Å². The largest absolute Gasteiger partial charge is 0.356 e. The highest BCUT2D eigenvalue weighted by Crippen LogP contribution is 2.25. The number of hydrogen-bond donors (Lipinski definition) is 1. The quantitative estimate of drug-likeness (QED) is 0.469. The molecule has 1 aliphatic rings. The molecule has 1 fully saturated rings. The molecule has 0 saturated heterocycles. The van der Waals surface area contributed by atoms with Gasteiger partial charge < -0.3 is 5.32 Å². The first-order chi connectivity index (χ1) is 5.34. The van der Waals surface area contributed by atoms with Gasteiger partial charge in [-0.2, -0.15) is 0 Å². The van der Waals surface area contributed by atoms with Gasteiger partial charge in [-0.1, -0.05) is 29.0 Å². The summed E-state index contributed by atoms with van der Waals surface area (Å²) in [7, 11) is 0. The van der Waals surface area contributed by atoms with E-state index in [1.54, 1.807) is 0 Å². The van der Waals surface area contributed by atoms with Gasteiger partial charge in [0.1, 0.15) is 0 Å². The minimum absolute atomic E-state index is 0.279. The van der Waals surface area contributed by atoms with Gasteiger partial charge in [0.05, 0.1) is 0 Å². The Morgan fingerprint density at radius 2 is 2.27 bits per heavy atom. The van der Waals surface area contributed by atoms with E-state index in [-0.39, 0.29) is 5.91 Å². The summed E-state index contributed by atoms with van der Waals surface area (Å²) >= 11 is 2.32. The fourth-order valence-corrected chi connectivity index (χ4v) is 1.47. The molecule has 2 nitrogen and oxygen atoms in total. The lowest BCUT2D eigenvalue weighted by atomic mass is 9.85. The van der Waals surface area contributed by atoms with E-state index in [0.717, 1.165) is 30.2 Å². The van der Waals surface area contributed by atoms with Crippen molar-refractivity contribution in [3.8, 4) is 0 Å². The van der Waals surface area contributed by atoms with Crippen LogP contribution in [-0.4, -0.2) is 16.9 Å². The summed E-state index contributed by atoms with van der Waals surface area (Å²) < 4.78 is 1.13. The third-order valence-corrected chi connectivity index (χ3v) is 2.85. The highest BCUT2D eigenvalue weighted by molar-refractivity contribution is 14.1. The highest BCUT2D eigenvalue weighted by atomic mass is 127. The smallest absolute Gasteiger partial charge is 0.223 e. The number of hydrogen-bond acceptors (Lipinski definition) is 1. The second-order valence-electron chi connectivity index (χ2n) is 2.96. The van der Waals surface area contributed by atoms with Crippen LogP contribution in [-0.2, 0) is 4.79 Å². The molecule has 1 rings (SSSR count). The molecule has 1 amide bonds. The number of alkyl halides is 1. The van der Waals surface area contributed by atoms with Crippen molar-refractivity contribution >= 4 is 28.5 Å². The van der Waals surface area contributed by atoms with Crippen LogP contribution in [0, 0.1) is 5.92 Å². The Labute approximate surface area is 81.3 Å². The maximum absolute atomic E-state index is 11.2. The van der Waals surface area contributed by atoms with Crippen LogP contribution in [0.1, 0.15) is 25.7 Å². The van der Waals surface area contributed by atoms with Crippen molar-refractivity contribution in [2.75, 3.05) is 11.0 Å². The topological polar surface area (TPSA) is 29.1 Å². The molecule has 0 atom stereocenters. The van der Waals surface area contributed by atoms with Crippen molar-refractivity contribution in [3.63, 3.8) is 0 Å². The normalized spacial score (nSPS) is 17.5. The Kier molecular flexibility index (Phi) is 4.18. The number of amides is 1. The Balaban J connectivity index is 2.01. The number of carbonyl (C=O) groups excluding carboxylic acids is 1. The summed E-state index contributed by atoms with van der Waals surface area (Å²) in [4.78, 5) is 11.2. The van der Waals surface area contributed by atoms with Crippen molar-refractivity contribution in [2.45, 2.75) is 25.7 Å². The van der Waals surface area contributed by atoms with Crippen LogP contribution in [0.15, 0.2) is 0 Å². The van der Waals surface area contributed by atoms with Gasteiger partial charge in [0, 0.05) is 16.9 Å². The minimum Gasteiger partial charge on any atom is -0.356 e. The van der Waals surface area contributed by atoms with Gasteiger partial charge >= 0.3 is 0 Å². The van der Waals surface area contributed by atoms with Gasteiger partial charge in [-0.3, -0.25) is 4.79 Å². The van der Waals surface area contributed by atoms with E-state index in [1.807, 2.05) is 0 Å². The zero-order valence-electron chi connectivity index (χ0n) is 6.61. The Morgan fingerprint density at radius 1 is 1.55 bits per heavy atom. The maximum Gasteiger partial charge on any atom is 0.223 e. The molecule has 0 bridgehead atoms. The van der Waals surface area contributed by atoms with Crippen LogP contribution in [0.25, 0.3) is 0 Å². The highest BCUT2D eigenvalue weighted by Gasteiger charge is 2.24. The van der Waals surface area contributed by atoms with Crippen LogP contribution in [0.4, 0.5) is 0 Å². The van der Waals surface area contributed by atoms with Gasteiger partial charge in [0.25, 0.3) is 0 Å². The monoisotopic (exact) mass is 267 g/mol. The fraction of sp³-hybridized carbons (Fsp3) is 0.875. The number of carbonyl (C=O) groups is 1. The third kappa shape index (κ3) is 2.97. The predicted octanol–water partition coefficient (Wildman–Crippen LogP) is 1.73. The summed E-state index contributed by atoms with van der Waals surface area (Å²) in [6.45, 7) is 0.859. The summed E-state index contributed by atoms with van der Waals surface area (Å²) in [5, 5.41) is 2.94. The van der Waals surface area contributed by atoms with E-state index in [4.69, 9.17) is 0 Å². The summed E-state index contributed by atoms with van der Waals surface area (Å²) in [6, 6.07) is 0. The van der Waals surface area contributed by atoms with E-state index in [9.17, 15) is 4.79 Å². The van der Waals surface area contributed by atoms with Crippen LogP contribution in [0.3, 0.4) is 0 Å². The molecule has 1 N–H and O–H groups in total. The van der Waals surface area contributed by atoms with Gasteiger partial charge in [-0.05, 0) is 19.3 Å². The van der Waals surface area contributed by atoms with E-state index in [2.05, 4.69) is 27.9 Å². The molecule has 0 aromatic carbocycles. The van der Waals surface area contributed by atoms with Crippen molar-refractivity contribution in [2.24, 2.45) is 5.92 Å². The molecule has 0 heterocycles. The lowest BCUT2D eigenvalue weighted by Crippen LogP contribution is -2.34. The summed E-state index contributed by atoms with van der Waals surface area (Å²) in [6.07, 6.45) is 4.55. The van der Waals surface area contributed by atoms with Crippen LogP contribution in [0.5, 0.6) is 0 Å². The van der Waals surface area contributed by atoms with Gasteiger partial charge in [-0.15, -0.1) is 0 Å². The molecule has 1 aliphatic carbocycles. The SMILES string of the molecule is O=C(NCCCI)C1CCC1. The lowest BCUT2D eigenvalue weighted by Gasteiger charge is -2.23. The Morgan fingerprint density at radius 3 is 2.73 bits per heavy atom. The van der Waals surface area contributed by atoms with E-state index >= 15 is 0 Å². The molecule has 0 aliphatic heterocycles. The average Bonchev–Trinajstić information content (AvgIpc) is 1.84. The molecular formula is C8H14INO. The lowest BCUT2D eigenvalue weighted by molar-refractivity contribution is -0.127. The van der Waals surface area contributed by atoms with Crippen LogP contribution in [0.2, 0.25) is 0 Å². The number of halogens is 1. The first kappa shape index (κ1) is 9.29.